The van der Waals surface area contributed by atoms with Gasteiger partial charge >= 0.3 is 71.6 Å². The van der Waals surface area contributed by atoms with Crippen molar-refractivity contribution in [3.05, 3.63) is 0 Å². The summed E-state index contributed by atoms with van der Waals surface area (Å²) in [6.07, 6.45) is -21.6. The maximum atomic E-state index is 13.5. The average molecular weight is 1690 g/mol. The molecule has 0 bridgehead atoms. The minimum atomic E-state index is -1.44. The third kappa shape index (κ3) is 42.8. The quantitative estimate of drug-likeness (QED) is 0.0229. The van der Waals surface area contributed by atoms with Gasteiger partial charge in [-0.25, -0.2) is 0 Å². The predicted octanol–water partition coefficient (Wildman–Crippen LogP) is -3.11. The summed E-state index contributed by atoms with van der Waals surface area (Å²) in [5.74, 6) is -11.5. The second-order valence-corrected chi connectivity index (χ2v) is 26.1. The molecule has 0 radical (unpaired) electrons. The Morgan fingerprint density at radius 1 is 0.274 bits per heavy atom. The van der Waals surface area contributed by atoms with Gasteiger partial charge in [0.25, 0.3) is 0 Å². The van der Waals surface area contributed by atoms with E-state index in [9.17, 15) is 76.7 Å². The molecule has 0 unspecified atom stereocenters. The van der Waals surface area contributed by atoms with Crippen molar-refractivity contribution in [2.45, 2.75) is 219 Å². The molecule has 3 aliphatic rings. The van der Waals surface area contributed by atoms with Crippen LogP contribution in [0.1, 0.15) is 122 Å². The van der Waals surface area contributed by atoms with E-state index < -0.39 is 219 Å². The van der Waals surface area contributed by atoms with Crippen LogP contribution in [0.5, 0.6) is 0 Å². The van der Waals surface area contributed by atoms with Gasteiger partial charge in [-0.2, -0.15) is 0 Å². The largest absolute Gasteiger partial charge is 0.463 e. The summed E-state index contributed by atoms with van der Waals surface area (Å²) in [6.45, 7) is 10.8. The summed E-state index contributed by atoms with van der Waals surface area (Å²) in [4.78, 5) is 198. The van der Waals surface area contributed by atoms with Crippen molar-refractivity contribution < 1.29 is 190 Å². The zero-order valence-corrected chi connectivity index (χ0v) is 67.9. The fourth-order valence-electron chi connectivity index (χ4n) is 11.6. The standard InChI is InChI=1S/C72H113N5O40/c1-41(78)103-38-53-60(106-44(4)81)63(109-47(7)84)66(112-50(10)87)69(115-53)100-34-31-97-28-25-94-22-19-74-56(90)13-16-72(77-59(93)37-73,17-14-57(91)75-20-23-95-26-29-98-32-35-101-70-67(113-51(11)88)64(110-48(8)85)61(107-45(5)82)54(116-70)39-104-42(2)79)18-15-58(92)76-21-24-96-27-30-99-33-36-102-71-68(114-52(12)89)65(111-49(9)86)62(108-46(6)83)55(117-71)40-105-43(3)80/h53-55,60-71H,13-40,73H2,1-12H3,(H,74,90)(H,75,91)(H,76,92)(H,77,93)/t53-,54-,55-,60-,61-,62-,63+,64+,65+,66+,67+,68+,69+,70+,71+/m1/s1. The molecule has 3 fully saturated rings. The van der Waals surface area contributed by atoms with Crippen molar-refractivity contribution in [3.63, 3.8) is 0 Å². The molecule has 15 atom stereocenters. The van der Waals surface area contributed by atoms with E-state index in [0.717, 1.165) is 83.1 Å². The minimum Gasteiger partial charge on any atom is -0.463 e. The summed E-state index contributed by atoms with van der Waals surface area (Å²) in [7, 11) is 0. The lowest BCUT2D eigenvalue weighted by Gasteiger charge is -2.44. The van der Waals surface area contributed by atoms with E-state index >= 15 is 0 Å². The van der Waals surface area contributed by atoms with Gasteiger partial charge in [0, 0.05) is 128 Å². The van der Waals surface area contributed by atoms with Crippen molar-refractivity contribution >= 4 is 95.3 Å². The summed E-state index contributed by atoms with van der Waals surface area (Å²) < 4.78 is 133. The molecular formula is C72H113N5O40. The van der Waals surface area contributed by atoms with E-state index in [2.05, 4.69) is 21.3 Å². The van der Waals surface area contributed by atoms with Crippen LogP contribution in [-0.4, -0.2) is 338 Å². The van der Waals surface area contributed by atoms with E-state index in [1.54, 1.807) is 0 Å². The molecule has 6 N–H and O–H groups in total. The lowest BCUT2D eigenvalue weighted by molar-refractivity contribution is -0.309. The third-order valence-electron chi connectivity index (χ3n) is 16.3. The molecule has 0 spiro atoms. The van der Waals surface area contributed by atoms with E-state index in [1.807, 2.05) is 0 Å². The van der Waals surface area contributed by atoms with Gasteiger partial charge in [0.2, 0.25) is 23.6 Å². The smallest absolute Gasteiger partial charge is 0.303 e. The molecule has 45 nitrogen and oxygen atoms in total. The van der Waals surface area contributed by atoms with Gasteiger partial charge in [-0.1, -0.05) is 0 Å². The van der Waals surface area contributed by atoms with Crippen LogP contribution >= 0.6 is 0 Å². The SMILES string of the molecule is CC(=O)OC[C@H]1O[C@H](OCCOCCOCCNC(=O)CCC(CCC(=O)NCCOCCOCCO[C@H]2O[C@H](COC(C)=O)[C@@H](OC(C)=O)[C@H](OC(C)=O)[C@@H]2OC(C)=O)(CCC(=O)NCCOCCOCCO[C@H]2O[C@H](COC(C)=O)[C@@H](OC(C)=O)[C@H](OC(C)=O)[C@@H]2OC(C)=O)NC(=O)CN)[C@@H](OC(C)=O)[C@@H](OC(C)=O)[C@@H]1OC(C)=O. The molecule has 117 heavy (non-hydrogen) atoms. The van der Waals surface area contributed by atoms with Crippen molar-refractivity contribution in [3.8, 4) is 0 Å². The molecule has 0 saturated carbocycles. The first-order chi connectivity index (χ1) is 55.5. The number of nitrogens with two attached hydrogens (primary N) is 1. The van der Waals surface area contributed by atoms with Crippen LogP contribution in [0.2, 0.25) is 0 Å². The molecule has 666 valence electrons. The lowest BCUT2D eigenvalue weighted by Crippen LogP contribution is -2.63. The van der Waals surface area contributed by atoms with Crippen molar-refractivity contribution in [1.82, 2.24) is 21.3 Å². The highest BCUT2D eigenvalue weighted by Gasteiger charge is 2.56. The maximum Gasteiger partial charge on any atom is 0.303 e. The number of nitrogens with one attached hydrogen (secondary N) is 4. The van der Waals surface area contributed by atoms with Crippen LogP contribution in [0.25, 0.3) is 0 Å². The number of hydrogen-bond donors (Lipinski definition) is 5. The van der Waals surface area contributed by atoms with E-state index in [-0.39, 0.29) is 157 Å². The molecule has 3 heterocycles. The van der Waals surface area contributed by atoms with Crippen LogP contribution in [0.15, 0.2) is 0 Å². The van der Waals surface area contributed by atoms with Crippen molar-refractivity contribution in [1.29, 1.82) is 0 Å². The van der Waals surface area contributed by atoms with Gasteiger partial charge in [-0.15, -0.1) is 0 Å². The normalized spacial score (nSPS) is 22.8. The fraction of sp³-hybridized carbons (Fsp3) is 0.778. The zero-order chi connectivity index (χ0) is 87.0. The molecule has 45 heteroatoms. The fourth-order valence-corrected chi connectivity index (χ4v) is 11.6. The van der Waals surface area contributed by atoms with Crippen LogP contribution in [0.4, 0.5) is 0 Å². The predicted molar refractivity (Wildman–Crippen MR) is 385 cm³/mol. The second kappa shape index (κ2) is 56.4. The van der Waals surface area contributed by atoms with Crippen molar-refractivity contribution in [2.75, 3.05) is 145 Å². The number of rotatable bonds is 56. The summed E-state index contributed by atoms with van der Waals surface area (Å²) >= 11 is 0. The molecule has 0 aromatic heterocycles. The van der Waals surface area contributed by atoms with Gasteiger partial charge in [0.1, 0.15) is 38.1 Å². The maximum absolute atomic E-state index is 13.5. The number of esters is 12. The second-order valence-electron chi connectivity index (χ2n) is 26.1. The van der Waals surface area contributed by atoms with Crippen LogP contribution in [0, 0.1) is 0 Å². The van der Waals surface area contributed by atoms with E-state index in [4.69, 9.17) is 119 Å². The lowest BCUT2D eigenvalue weighted by atomic mass is 9.83. The topological polar surface area (TPSA) is 569 Å². The Morgan fingerprint density at radius 3 is 0.709 bits per heavy atom. The summed E-state index contributed by atoms with van der Waals surface area (Å²) in [6, 6.07) is 0. The molecule has 0 aromatic rings. The highest BCUT2D eigenvalue weighted by Crippen LogP contribution is 2.34. The molecule has 0 aliphatic carbocycles. The Labute approximate surface area is 674 Å². The Bertz CT molecular complexity index is 2870. The minimum absolute atomic E-state index is 0.00996. The summed E-state index contributed by atoms with van der Waals surface area (Å²) in [5.41, 5.74) is 4.41. The van der Waals surface area contributed by atoms with Crippen LogP contribution < -0.4 is 27.0 Å². The molecule has 4 amide bonds. The first kappa shape index (κ1) is 102. The highest BCUT2D eigenvalue weighted by atomic mass is 16.8. The van der Waals surface area contributed by atoms with Gasteiger partial charge in [0.05, 0.1) is 106 Å². The van der Waals surface area contributed by atoms with Gasteiger partial charge in [-0.05, 0) is 19.3 Å². The number of hydrogen-bond acceptors (Lipinski definition) is 41. The Hall–Kier alpha value is -9.00. The van der Waals surface area contributed by atoms with Gasteiger partial charge in [0.15, 0.2) is 73.8 Å². The molecule has 3 saturated heterocycles. The number of ether oxygens (including phenoxy) is 24. The zero-order valence-electron chi connectivity index (χ0n) is 67.9. The molecule has 3 rings (SSSR count). The number of carbonyl (C=O) groups is 16. The van der Waals surface area contributed by atoms with E-state index in [1.165, 1.54) is 0 Å². The van der Waals surface area contributed by atoms with Gasteiger partial charge in [-0.3, -0.25) is 76.7 Å². The average Bonchev–Trinajstić information content (AvgIpc) is 0.797. The molecular weight excluding hydrogens is 1570 g/mol. The number of amides is 4. The number of carbonyl (C=O) groups excluding carboxylic acids is 16. The van der Waals surface area contributed by atoms with Crippen LogP contribution in [-0.2, 0) is 190 Å². The van der Waals surface area contributed by atoms with Crippen LogP contribution in [0.3, 0.4) is 0 Å². The third-order valence-corrected chi connectivity index (χ3v) is 16.3. The Balaban J connectivity index is 1.60. The first-order valence-corrected chi connectivity index (χ1v) is 37.6. The highest BCUT2D eigenvalue weighted by molar-refractivity contribution is 5.81. The Morgan fingerprint density at radius 2 is 0.487 bits per heavy atom. The molecule has 3 aliphatic heterocycles. The monoisotopic (exact) mass is 1690 g/mol. The molecule has 0 aromatic carbocycles. The van der Waals surface area contributed by atoms with E-state index in [0.29, 0.717) is 0 Å². The summed E-state index contributed by atoms with van der Waals surface area (Å²) in [5, 5.41) is 11.0. The Kier molecular flexibility index (Phi) is 49.3. The van der Waals surface area contributed by atoms with Gasteiger partial charge < -0.3 is 141 Å². The van der Waals surface area contributed by atoms with Crippen molar-refractivity contribution in [2.24, 2.45) is 5.73 Å². The first-order valence-electron chi connectivity index (χ1n) is 37.6.